The molecule has 3 fully saturated rings. The molecule has 0 aromatic heterocycles. The van der Waals surface area contributed by atoms with Gasteiger partial charge >= 0.3 is 0 Å². The molecule has 0 aliphatic carbocycles. The predicted molar refractivity (Wildman–Crippen MR) is 163 cm³/mol. The molecule has 0 saturated carbocycles. The third-order valence-corrected chi connectivity index (χ3v) is 20.0. The first kappa shape index (κ1) is 34.7. The van der Waals surface area contributed by atoms with E-state index in [-0.39, 0.29) is 0 Å². The van der Waals surface area contributed by atoms with E-state index in [4.69, 9.17) is 36.7 Å². The lowest BCUT2D eigenvalue weighted by molar-refractivity contribution is 0.116. The van der Waals surface area contributed by atoms with E-state index in [9.17, 15) is 0 Å². The molecule has 0 aromatic rings. The van der Waals surface area contributed by atoms with Crippen LogP contribution >= 0.6 is 0 Å². The van der Waals surface area contributed by atoms with Crippen LogP contribution in [0.25, 0.3) is 0 Å². The molecule has 0 amide bonds. The Bertz CT molecular complexity index is 594. The molecule has 8 nitrogen and oxygen atoms in total. The van der Waals surface area contributed by atoms with Crippen LogP contribution in [0.3, 0.4) is 0 Å². The molecule has 226 valence electrons. The van der Waals surface area contributed by atoms with Gasteiger partial charge in [-0.15, -0.1) is 0 Å². The van der Waals surface area contributed by atoms with E-state index in [2.05, 4.69) is 52.4 Å². The van der Waals surface area contributed by atoms with Crippen LogP contribution in [0, 0.1) is 0 Å². The van der Waals surface area contributed by atoms with Crippen LogP contribution < -0.4 is 0 Å². The van der Waals surface area contributed by atoms with E-state index in [1.807, 2.05) is 0 Å². The molecule has 3 saturated heterocycles. The topological polar surface area (TPSA) is 83.7 Å². The summed E-state index contributed by atoms with van der Waals surface area (Å²) in [5.74, 6) is 0. The quantitative estimate of drug-likeness (QED) is 0.0960. The first-order chi connectivity index (χ1) is 17.9. The largest absolute Gasteiger partial charge is 0.458 e. The molecule has 3 atom stereocenters. The summed E-state index contributed by atoms with van der Waals surface area (Å²) in [6.45, 7) is 25.9. The van der Waals surface area contributed by atoms with E-state index in [1.54, 1.807) is 0 Å². The minimum atomic E-state index is -1.59. The Balaban J connectivity index is 0.000000293. The summed E-state index contributed by atoms with van der Waals surface area (Å²) in [6.07, 6.45) is 4.47. The number of hydrogen-bond acceptors (Lipinski definition) is 8. The van der Waals surface area contributed by atoms with E-state index in [0.717, 1.165) is 78.7 Å². The lowest BCUT2D eigenvalue weighted by atomic mass is 10.5. The van der Waals surface area contributed by atoms with Crippen molar-refractivity contribution in [2.45, 2.75) is 108 Å². The van der Waals surface area contributed by atoms with E-state index in [1.165, 1.54) is 18.1 Å². The zero-order valence-electron chi connectivity index (χ0n) is 25.7. The summed E-state index contributed by atoms with van der Waals surface area (Å²) in [7, 11) is -5.41. The lowest BCUT2D eigenvalue weighted by Gasteiger charge is -2.34. The van der Waals surface area contributed by atoms with Gasteiger partial charge in [0.05, 0.1) is 39.6 Å². The molecule has 0 aromatic carbocycles. The Hall–Kier alpha value is 0.548. The van der Waals surface area contributed by atoms with Crippen molar-refractivity contribution in [2.24, 2.45) is 0 Å². The fraction of sp³-hybridized carbons (Fsp3) is 1.00. The Labute approximate surface area is 237 Å². The van der Waals surface area contributed by atoms with Crippen molar-refractivity contribution in [3.8, 4) is 0 Å². The van der Waals surface area contributed by atoms with Crippen molar-refractivity contribution in [3.63, 3.8) is 0 Å². The van der Waals surface area contributed by atoms with Crippen molar-refractivity contribution < 1.29 is 36.7 Å². The maximum atomic E-state index is 6.62. The normalized spacial score (nSPS) is 22.8. The van der Waals surface area contributed by atoms with Gasteiger partial charge in [-0.25, -0.2) is 0 Å². The van der Waals surface area contributed by atoms with Crippen LogP contribution in [0.15, 0.2) is 0 Å². The second-order valence-corrected chi connectivity index (χ2v) is 28.9. The van der Waals surface area contributed by atoms with Crippen molar-refractivity contribution in [3.05, 3.63) is 0 Å². The SMILES string of the molecule is C[SiH](C)O[Si](C)(C)CCCOCC1CO1.C[Si](C)(CCCOCC1CO1)O[Si](C)(C)CCCOCC1CO1. The molecule has 3 aliphatic heterocycles. The molecule has 3 heterocycles. The maximum Gasteiger partial charge on any atom is 0.173 e. The van der Waals surface area contributed by atoms with Crippen LogP contribution in [-0.4, -0.2) is 112 Å². The van der Waals surface area contributed by atoms with Gasteiger partial charge in [-0.3, -0.25) is 0 Å². The summed E-state index contributed by atoms with van der Waals surface area (Å²) < 4.78 is 44.8. The zero-order chi connectivity index (χ0) is 28.1. The Morgan fingerprint density at radius 2 is 0.895 bits per heavy atom. The molecule has 3 unspecified atom stereocenters. The van der Waals surface area contributed by atoms with Crippen LogP contribution in [0.5, 0.6) is 0 Å². The van der Waals surface area contributed by atoms with E-state index in [0.29, 0.717) is 18.3 Å². The zero-order valence-corrected chi connectivity index (χ0v) is 29.8. The Kier molecular flexibility index (Phi) is 16.0. The minimum Gasteiger partial charge on any atom is -0.458 e. The van der Waals surface area contributed by atoms with Crippen molar-refractivity contribution in [1.29, 1.82) is 0 Å². The predicted octanol–water partition coefficient (Wildman–Crippen LogP) is 5.02. The van der Waals surface area contributed by atoms with Gasteiger partial charge in [-0.2, -0.15) is 0 Å². The number of rotatable bonds is 22. The molecule has 0 spiro atoms. The fourth-order valence-electron chi connectivity index (χ4n) is 4.48. The first-order valence-electron chi connectivity index (χ1n) is 14.8. The van der Waals surface area contributed by atoms with Crippen LogP contribution in [0.2, 0.25) is 70.5 Å². The highest BCUT2D eigenvalue weighted by molar-refractivity contribution is 6.84. The summed E-state index contributed by atoms with van der Waals surface area (Å²) in [4.78, 5) is 0. The van der Waals surface area contributed by atoms with E-state index < -0.39 is 34.0 Å². The Morgan fingerprint density at radius 1 is 0.579 bits per heavy atom. The summed E-state index contributed by atoms with van der Waals surface area (Å²) in [5.41, 5.74) is 0. The highest BCUT2D eigenvalue weighted by atomic mass is 28.4. The van der Waals surface area contributed by atoms with Gasteiger partial charge < -0.3 is 36.7 Å². The van der Waals surface area contributed by atoms with Crippen molar-refractivity contribution in [1.82, 2.24) is 0 Å². The molecule has 12 heteroatoms. The molecule has 0 bridgehead atoms. The lowest BCUT2D eigenvalue weighted by Crippen LogP contribution is -2.44. The van der Waals surface area contributed by atoms with Crippen LogP contribution in [-0.2, 0) is 36.7 Å². The standard InChI is InChI=1S/C16H34O5Si2.C10H24O3Si2/c1-22(2,9-5-7-17-11-15-13-19-15)21-23(3,4)10-6-8-18-12-16-14-20-16;1-14(2)13-15(3,4)7-5-6-11-8-10-9-12-10/h15-16H,5-14H2,1-4H3;10,14H,5-9H2,1-4H3. The van der Waals surface area contributed by atoms with Crippen molar-refractivity contribution in [2.75, 3.05) is 59.5 Å². The monoisotopic (exact) mass is 610 g/mol. The first-order valence-corrected chi connectivity index (χ1v) is 26.9. The molecule has 38 heavy (non-hydrogen) atoms. The number of epoxide rings is 3. The molecular weight excluding hydrogens is 553 g/mol. The van der Waals surface area contributed by atoms with Crippen LogP contribution in [0.1, 0.15) is 19.3 Å². The average Bonchev–Trinajstić information content (AvgIpc) is 3.64. The van der Waals surface area contributed by atoms with E-state index >= 15 is 0 Å². The second kappa shape index (κ2) is 17.5. The second-order valence-electron chi connectivity index (χ2n) is 12.9. The highest BCUT2D eigenvalue weighted by Gasteiger charge is 2.32. The van der Waals surface area contributed by atoms with Gasteiger partial charge in [0.1, 0.15) is 18.3 Å². The molecule has 0 N–H and O–H groups in total. The van der Waals surface area contributed by atoms with Gasteiger partial charge in [0.2, 0.25) is 0 Å². The number of hydrogen-bond donors (Lipinski definition) is 0. The fourth-order valence-corrected chi connectivity index (χ4v) is 19.8. The molecule has 3 rings (SSSR count). The summed E-state index contributed by atoms with van der Waals surface area (Å²) >= 11 is 0. The smallest absolute Gasteiger partial charge is 0.173 e. The molecule has 3 aliphatic rings. The van der Waals surface area contributed by atoms with Gasteiger partial charge in [0, 0.05) is 19.8 Å². The van der Waals surface area contributed by atoms with Gasteiger partial charge in [-0.05, 0) is 89.8 Å². The third-order valence-electron chi connectivity index (χ3n) is 6.43. The van der Waals surface area contributed by atoms with Gasteiger partial charge in [-0.1, -0.05) is 0 Å². The van der Waals surface area contributed by atoms with Gasteiger partial charge in [0.25, 0.3) is 0 Å². The average molecular weight is 611 g/mol. The summed E-state index contributed by atoms with van der Waals surface area (Å²) in [6, 6.07) is 3.55. The molecular formula is C26H58O8Si4. The van der Waals surface area contributed by atoms with Crippen LogP contribution in [0.4, 0.5) is 0 Å². The molecule has 0 radical (unpaired) electrons. The number of ether oxygens (including phenoxy) is 6. The van der Waals surface area contributed by atoms with Crippen molar-refractivity contribution >= 4 is 34.0 Å². The van der Waals surface area contributed by atoms with Gasteiger partial charge in [0.15, 0.2) is 34.0 Å². The Morgan fingerprint density at radius 3 is 1.18 bits per heavy atom. The highest BCUT2D eigenvalue weighted by Crippen LogP contribution is 2.24. The third kappa shape index (κ3) is 20.4. The minimum absolute atomic E-state index is 0.372. The maximum absolute atomic E-state index is 6.62. The summed E-state index contributed by atoms with van der Waals surface area (Å²) in [5, 5.41) is 0.